The smallest absolute Gasteiger partial charge is 0.220 e. The average Bonchev–Trinajstić information content (AvgIpc) is 2.69. The van der Waals surface area contributed by atoms with E-state index in [0.29, 0.717) is 12.8 Å². The fourth-order valence-electron chi connectivity index (χ4n) is 3.38. The molecule has 0 aromatic heterocycles. The highest BCUT2D eigenvalue weighted by Crippen LogP contribution is 2.10. The van der Waals surface area contributed by atoms with E-state index in [9.17, 15) is 9.59 Å². The van der Waals surface area contributed by atoms with Crippen LogP contribution in [0.25, 0.3) is 0 Å². The summed E-state index contributed by atoms with van der Waals surface area (Å²) in [6.07, 6.45) is 18.2. The molecule has 5 heteroatoms. The monoisotopic (exact) mass is 411 g/mol. The number of hydrogen-bond donors (Lipinski definition) is 2. The van der Waals surface area contributed by atoms with Gasteiger partial charge in [-0.2, -0.15) is 0 Å². The predicted molar refractivity (Wildman–Crippen MR) is 124 cm³/mol. The molecule has 0 aromatic carbocycles. The molecule has 0 spiro atoms. The number of nitrogens with zero attached hydrogens (tertiary/aromatic N) is 1. The summed E-state index contributed by atoms with van der Waals surface area (Å²) in [6, 6.07) is 0. The second kappa shape index (κ2) is 21.6. The van der Waals surface area contributed by atoms with Crippen LogP contribution in [-0.4, -0.2) is 50.4 Å². The molecule has 0 heterocycles. The molecular formula is C24H49N3O2. The van der Waals surface area contributed by atoms with Crippen molar-refractivity contribution in [2.24, 2.45) is 0 Å². The molecule has 0 aliphatic carbocycles. The van der Waals surface area contributed by atoms with E-state index < -0.39 is 0 Å². The Kier molecular flexibility index (Phi) is 20.8. The fraction of sp³-hybridized carbons (Fsp3) is 0.917. The Balaban J connectivity index is 3.33. The number of rotatable bonds is 21. The van der Waals surface area contributed by atoms with Gasteiger partial charge in [0, 0.05) is 25.9 Å². The fourth-order valence-corrected chi connectivity index (χ4v) is 3.38. The van der Waals surface area contributed by atoms with Gasteiger partial charge in [-0.15, -0.1) is 0 Å². The van der Waals surface area contributed by atoms with Crippen molar-refractivity contribution in [1.82, 2.24) is 15.5 Å². The van der Waals surface area contributed by atoms with Gasteiger partial charge in [-0.3, -0.25) is 9.59 Å². The Morgan fingerprint density at radius 1 is 0.586 bits per heavy atom. The number of amides is 2. The first-order valence-electron chi connectivity index (χ1n) is 12.2. The molecule has 0 fully saturated rings. The van der Waals surface area contributed by atoms with Crippen molar-refractivity contribution in [3.8, 4) is 0 Å². The minimum Gasteiger partial charge on any atom is -0.356 e. The van der Waals surface area contributed by atoms with Crippen molar-refractivity contribution in [1.29, 1.82) is 0 Å². The number of carbonyl (C=O) groups is 2. The normalized spacial score (nSPS) is 11.0. The molecule has 0 rings (SSSR count). The minimum absolute atomic E-state index is 0.000223. The zero-order valence-corrected chi connectivity index (χ0v) is 19.7. The van der Waals surface area contributed by atoms with Crippen LogP contribution in [0.5, 0.6) is 0 Å². The second-order valence-corrected chi connectivity index (χ2v) is 8.60. The maximum Gasteiger partial charge on any atom is 0.220 e. The summed E-state index contributed by atoms with van der Waals surface area (Å²) in [5.74, 6) is -0.00728. The third-order valence-corrected chi connectivity index (χ3v) is 5.29. The van der Waals surface area contributed by atoms with E-state index >= 15 is 0 Å². The van der Waals surface area contributed by atoms with E-state index in [1.165, 1.54) is 70.6 Å². The third kappa shape index (κ3) is 23.0. The summed E-state index contributed by atoms with van der Waals surface area (Å²) in [5.41, 5.74) is 0. The Bertz CT molecular complexity index is 386. The van der Waals surface area contributed by atoms with E-state index in [2.05, 4.69) is 36.6 Å². The zero-order chi connectivity index (χ0) is 21.6. The lowest BCUT2D eigenvalue weighted by molar-refractivity contribution is -0.126. The van der Waals surface area contributed by atoms with Crippen LogP contribution in [-0.2, 0) is 9.59 Å². The number of hydrogen-bond acceptors (Lipinski definition) is 3. The van der Waals surface area contributed by atoms with Gasteiger partial charge < -0.3 is 15.5 Å². The maximum atomic E-state index is 11.8. The molecule has 2 N–H and O–H groups in total. The molecule has 2 amide bonds. The van der Waals surface area contributed by atoms with Crippen molar-refractivity contribution in [3.63, 3.8) is 0 Å². The molecular weight excluding hydrogens is 362 g/mol. The van der Waals surface area contributed by atoms with Crippen molar-refractivity contribution in [2.45, 2.75) is 110 Å². The van der Waals surface area contributed by atoms with E-state index in [-0.39, 0.29) is 11.8 Å². The molecule has 0 atom stereocenters. The highest BCUT2D eigenvalue weighted by Gasteiger charge is 2.06. The van der Waals surface area contributed by atoms with Crippen molar-refractivity contribution >= 4 is 11.8 Å². The van der Waals surface area contributed by atoms with Crippen LogP contribution in [0.3, 0.4) is 0 Å². The molecule has 0 saturated heterocycles. The first-order valence-corrected chi connectivity index (χ1v) is 12.2. The highest BCUT2D eigenvalue weighted by molar-refractivity contribution is 5.83. The summed E-state index contributed by atoms with van der Waals surface area (Å²) in [5, 5.41) is 5.86. The first-order chi connectivity index (χ1) is 14.1. The zero-order valence-electron chi connectivity index (χ0n) is 19.7. The van der Waals surface area contributed by atoms with Gasteiger partial charge in [0.25, 0.3) is 0 Å². The van der Waals surface area contributed by atoms with Crippen LogP contribution < -0.4 is 10.6 Å². The van der Waals surface area contributed by atoms with E-state index in [1.54, 1.807) is 0 Å². The summed E-state index contributed by atoms with van der Waals surface area (Å²) in [6.45, 7) is 4.84. The maximum absolute atomic E-state index is 11.8. The molecule has 0 saturated carbocycles. The number of nitrogens with one attached hydrogen (secondary N) is 2. The topological polar surface area (TPSA) is 61.4 Å². The van der Waals surface area contributed by atoms with Crippen LogP contribution >= 0.6 is 0 Å². The van der Waals surface area contributed by atoms with Gasteiger partial charge in [0.15, 0.2) is 0 Å². The van der Waals surface area contributed by atoms with Crippen LogP contribution in [0.4, 0.5) is 0 Å². The minimum atomic E-state index is -0.00706. The second-order valence-electron chi connectivity index (χ2n) is 8.60. The Hall–Kier alpha value is -1.10. The van der Waals surface area contributed by atoms with Gasteiger partial charge in [0.1, 0.15) is 0 Å². The van der Waals surface area contributed by atoms with Crippen molar-refractivity contribution < 1.29 is 9.59 Å². The summed E-state index contributed by atoms with van der Waals surface area (Å²) >= 11 is 0. The van der Waals surface area contributed by atoms with Gasteiger partial charge in [-0.05, 0) is 39.9 Å². The highest BCUT2D eigenvalue weighted by atomic mass is 16.2. The van der Waals surface area contributed by atoms with Gasteiger partial charge in [0.2, 0.25) is 11.8 Å². The van der Waals surface area contributed by atoms with Gasteiger partial charge in [-0.25, -0.2) is 0 Å². The van der Waals surface area contributed by atoms with E-state index in [1.807, 2.05) is 0 Å². The number of carbonyl (C=O) groups excluding carboxylic acids is 2. The molecule has 0 bridgehead atoms. The lowest BCUT2D eigenvalue weighted by Crippen LogP contribution is -2.28. The van der Waals surface area contributed by atoms with Crippen LogP contribution in [0.1, 0.15) is 110 Å². The first kappa shape index (κ1) is 27.9. The third-order valence-electron chi connectivity index (χ3n) is 5.29. The lowest BCUT2D eigenvalue weighted by Gasteiger charge is -2.09. The standard InChI is InChI=1S/C24H49N3O2/c1-4-5-6-7-8-9-10-11-12-15-20-25-23(28)18-19-24(29)26-21-16-13-14-17-22-27(2)3/h4-22H2,1-3H3,(H,25,28)(H,26,29). The van der Waals surface area contributed by atoms with Crippen LogP contribution in [0.2, 0.25) is 0 Å². The average molecular weight is 412 g/mol. The van der Waals surface area contributed by atoms with Gasteiger partial charge in [0.05, 0.1) is 0 Å². The summed E-state index contributed by atoms with van der Waals surface area (Å²) < 4.78 is 0. The molecule has 172 valence electrons. The SMILES string of the molecule is CCCCCCCCCCCCNC(=O)CCC(=O)NCCCCCCN(C)C. The van der Waals surface area contributed by atoms with Gasteiger partial charge >= 0.3 is 0 Å². The van der Waals surface area contributed by atoms with Crippen LogP contribution in [0, 0.1) is 0 Å². The Morgan fingerprint density at radius 3 is 1.38 bits per heavy atom. The lowest BCUT2D eigenvalue weighted by atomic mass is 10.1. The van der Waals surface area contributed by atoms with E-state index in [0.717, 1.165) is 38.9 Å². The van der Waals surface area contributed by atoms with Crippen molar-refractivity contribution in [2.75, 3.05) is 33.7 Å². The molecule has 5 nitrogen and oxygen atoms in total. The van der Waals surface area contributed by atoms with E-state index in [4.69, 9.17) is 0 Å². The van der Waals surface area contributed by atoms with Gasteiger partial charge in [-0.1, -0.05) is 77.6 Å². The molecule has 0 aliphatic rings. The predicted octanol–water partition coefficient (Wildman–Crippen LogP) is 5.04. The summed E-state index contributed by atoms with van der Waals surface area (Å²) in [4.78, 5) is 25.8. The van der Waals surface area contributed by atoms with Crippen molar-refractivity contribution in [3.05, 3.63) is 0 Å². The number of unbranched alkanes of at least 4 members (excludes halogenated alkanes) is 12. The molecule has 0 aliphatic heterocycles. The quantitative estimate of drug-likeness (QED) is 0.260. The summed E-state index contributed by atoms with van der Waals surface area (Å²) in [7, 11) is 4.18. The molecule has 0 aromatic rings. The molecule has 0 radical (unpaired) electrons. The Morgan fingerprint density at radius 2 is 0.966 bits per heavy atom. The molecule has 0 unspecified atom stereocenters. The Labute approximate surface area is 180 Å². The van der Waals surface area contributed by atoms with Crippen LogP contribution in [0.15, 0.2) is 0 Å². The molecule has 29 heavy (non-hydrogen) atoms. The largest absolute Gasteiger partial charge is 0.356 e.